The molecule has 0 radical (unpaired) electrons. The lowest BCUT2D eigenvalue weighted by molar-refractivity contribution is -0.385. The third-order valence-corrected chi connectivity index (χ3v) is 9.55. The molecular formula is C44H74ClN13O7. The van der Waals surface area contributed by atoms with E-state index >= 15 is 0 Å². The van der Waals surface area contributed by atoms with Crippen molar-refractivity contribution in [1.82, 2.24) is 10.6 Å². The zero-order valence-corrected chi connectivity index (χ0v) is 40.9. The van der Waals surface area contributed by atoms with Gasteiger partial charge in [-0.25, -0.2) is 0 Å². The fraction of sp³-hybridized carbons (Fsp3) is 0.409. The van der Waals surface area contributed by atoms with Crippen molar-refractivity contribution < 1.29 is 30.0 Å². The molecule has 1 saturated heterocycles. The predicted octanol–water partition coefficient (Wildman–Crippen LogP) is 5.72. The highest BCUT2D eigenvalue weighted by Crippen LogP contribution is 2.33. The smallest absolute Gasteiger partial charge is 0.290 e. The molecule has 65 heavy (non-hydrogen) atoms. The van der Waals surface area contributed by atoms with Gasteiger partial charge in [0.15, 0.2) is 0 Å². The van der Waals surface area contributed by atoms with Crippen LogP contribution in [0.25, 0.3) is 0 Å². The van der Waals surface area contributed by atoms with E-state index in [-0.39, 0.29) is 23.4 Å². The molecule has 1 aliphatic heterocycles. The highest BCUT2D eigenvalue weighted by Gasteiger charge is 2.17. The molecular weight excluding hydrogens is 858 g/mol. The summed E-state index contributed by atoms with van der Waals surface area (Å²) < 4.78 is 0. The number of nitrogens with one attached hydrogen (secondary N) is 4. The number of carbonyl (C=O) groups excluding carboxylic acids is 1. The summed E-state index contributed by atoms with van der Waals surface area (Å²) in [6, 6.07) is 20.2. The van der Waals surface area contributed by atoms with E-state index in [1.54, 1.807) is 25.1 Å². The van der Waals surface area contributed by atoms with E-state index in [2.05, 4.69) is 51.9 Å². The number of nitro groups is 1. The molecule has 0 saturated carbocycles. The molecule has 13 N–H and O–H groups in total. The Balaban J connectivity index is 0. The predicted molar refractivity (Wildman–Crippen MR) is 269 cm³/mol. The van der Waals surface area contributed by atoms with Gasteiger partial charge in [-0.2, -0.15) is 5.06 Å². The number of amides is 1. The van der Waals surface area contributed by atoms with E-state index in [0.717, 1.165) is 76.2 Å². The number of hydrogen-bond acceptors (Lipinski definition) is 17. The van der Waals surface area contributed by atoms with Gasteiger partial charge >= 0.3 is 0 Å². The lowest BCUT2D eigenvalue weighted by Gasteiger charge is -2.22. The van der Waals surface area contributed by atoms with Gasteiger partial charge in [-0.15, -0.1) is 0 Å². The normalized spacial score (nSPS) is 10.8. The third kappa shape index (κ3) is 21.0. The van der Waals surface area contributed by atoms with E-state index < -0.39 is 0 Å². The molecule has 1 fully saturated rings. The number of carbonyl (C=O) groups is 2. The number of hydroxylamine groups is 1. The average molecular weight is 933 g/mol. The van der Waals surface area contributed by atoms with Crippen molar-refractivity contribution in [2.75, 3.05) is 111 Å². The van der Waals surface area contributed by atoms with Crippen LogP contribution in [0.3, 0.4) is 0 Å². The Morgan fingerprint density at radius 1 is 0.738 bits per heavy atom. The first kappa shape index (κ1) is 61.1. The van der Waals surface area contributed by atoms with Crippen LogP contribution in [0.2, 0.25) is 5.02 Å². The number of hydrazine groups is 1. The Morgan fingerprint density at radius 3 is 1.55 bits per heavy atom. The fourth-order valence-corrected chi connectivity index (χ4v) is 6.26. The second kappa shape index (κ2) is 33.5. The van der Waals surface area contributed by atoms with Crippen molar-refractivity contribution in [1.29, 1.82) is 0 Å². The quantitative estimate of drug-likeness (QED) is 0.0283. The number of anilines is 7. The Bertz CT molecular complexity index is 1980. The van der Waals surface area contributed by atoms with E-state index in [1.807, 2.05) is 127 Å². The standard InChI is InChI=1S/C12H19ClN4.C10H14N2O2.C9H12N2O2.C9H14N2O.C3H9N.CH2O2.H4N2/c1-8-10(17(2)3)5-4-9(13)11(8)16-12-14-6-7-15-12;1-8-9(11(2)3)5-4-6-10(8)12(14)7-13;1-7-8(10(2)3)5-4-6-9(7)11(12)13;1-7-8(10-12)5-4-6-9(7)11(2)3;1-2-3-4;2-1-3;1-2/h4-5,12,14-16H,6-7H2,1-3H3;4-7,14H,1-3H3;4-6H,1-3H3;4-6,10,12H,1-3H3;2-4H2,1H3;1H,(H,2,3);1-2H2. The number of carboxylic acid groups (broad SMARTS) is 1. The van der Waals surface area contributed by atoms with Crippen LogP contribution in [0, 0.1) is 37.8 Å². The Labute approximate surface area is 389 Å². The first-order chi connectivity index (χ1) is 30.7. The minimum absolute atomic E-state index is 0.101. The van der Waals surface area contributed by atoms with Gasteiger partial charge in [0.05, 0.1) is 27.0 Å². The van der Waals surface area contributed by atoms with Crippen LogP contribution in [-0.4, -0.2) is 116 Å². The zero-order valence-electron chi connectivity index (χ0n) is 40.2. The summed E-state index contributed by atoms with van der Waals surface area (Å²) in [7, 11) is 15.6. The fourth-order valence-electron chi connectivity index (χ4n) is 6.00. The summed E-state index contributed by atoms with van der Waals surface area (Å²) in [5.41, 5.74) is 17.5. The first-order valence-corrected chi connectivity index (χ1v) is 20.7. The molecule has 364 valence electrons. The number of nitrogens with zero attached hydrogens (tertiary/aromatic N) is 6. The Hall–Kier alpha value is -5.97. The maximum absolute atomic E-state index is 10.6. The second-order valence-corrected chi connectivity index (χ2v) is 15.0. The van der Waals surface area contributed by atoms with Crippen molar-refractivity contribution in [3.8, 4) is 0 Å². The molecule has 21 heteroatoms. The minimum atomic E-state index is -0.359. The highest BCUT2D eigenvalue weighted by atomic mass is 35.5. The lowest BCUT2D eigenvalue weighted by Crippen LogP contribution is -2.39. The van der Waals surface area contributed by atoms with Gasteiger partial charge in [-0.1, -0.05) is 36.7 Å². The van der Waals surface area contributed by atoms with Crippen molar-refractivity contribution >= 4 is 70.0 Å². The molecule has 0 bridgehead atoms. The molecule has 0 spiro atoms. The monoisotopic (exact) mass is 932 g/mol. The molecule has 5 rings (SSSR count). The van der Waals surface area contributed by atoms with Crippen LogP contribution in [-0.2, 0) is 9.59 Å². The molecule has 0 aromatic heterocycles. The SMILES string of the molecule is CCCN.Cc1c(N(C)C)ccc(Cl)c1NC1NCCN1.Cc1c(N(C)C)cccc1N(O)C=O.Cc1c(N(C)C)cccc1[N+](=O)[O-].Cc1c(NO)cccc1N(C)C.NN.O=CO. The molecule has 0 aliphatic carbocycles. The van der Waals surface area contributed by atoms with Gasteiger partial charge in [-0.05, 0) is 99.8 Å². The van der Waals surface area contributed by atoms with Gasteiger partial charge < -0.3 is 35.8 Å². The number of hydrogen-bond donors (Lipinski definition) is 10. The van der Waals surface area contributed by atoms with Crippen LogP contribution in [0.1, 0.15) is 35.6 Å². The van der Waals surface area contributed by atoms with E-state index in [1.165, 1.54) is 11.8 Å². The molecule has 4 aromatic rings. The van der Waals surface area contributed by atoms with E-state index in [9.17, 15) is 20.1 Å². The van der Waals surface area contributed by atoms with E-state index in [0.29, 0.717) is 22.7 Å². The maximum Gasteiger partial charge on any atom is 0.290 e. The highest BCUT2D eigenvalue weighted by molar-refractivity contribution is 6.33. The van der Waals surface area contributed by atoms with Crippen molar-refractivity contribution in [2.45, 2.75) is 47.3 Å². The summed E-state index contributed by atoms with van der Waals surface area (Å²) in [5, 5.41) is 46.9. The summed E-state index contributed by atoms with van der Waals surface area (Å²) >= 11 is 6.25. The molecule has 1 heterocycles. The van der Waals surface area contributed by atoms with Gasteiger partial charge in [0.1, 0.15) is 6.29 Å². The Kier molecular flexibility index (Phi) is 31.5. The Morgan fingerprint density at radius 2 is 1.14 bits per heavy atom. The number of rotatable bonds is 11. The first-order valence-electron chi connectivity index (χ1n) is 20.3. The van der Waals surface area contributed by atoms with Crippen molar-refractivity contribution in [3.05, 3.63) is 104 Å². The van der Waals surface area contributed by atoms with Crippen molar-refractivity contribution in [2.24, 2.45) is 17.4 Å². The van der Waals surface area contributed by atoms with Gasteiger partial charge in [0.2, 0.25) is 6.41 Å². The van der Waals surface area contributed by atoms with Crippen LogP contribution in [0.4, 0.5) is 45.5 Å². The summed E-state index contributed by atoms with van der Waals surface area (Å²) in [6.45, 7) is 12.2. The minimum Gasteiger partial charge on any atom is -0.483 e. The second-order valence-electron chi connectivity index (χ2n) is 14.6. The topological polar surface area (TPSA) is 280 Å². The van der Waals surface area contributed by atoms with Crippen LogP contribution >= 0.6 is 11.6 Å². The zero-order chi connectivity index (χ0) is 50.4. The number of halogens is 1. The van der Waals surface area contributed by atoms with Gasteiger partial charge in [-0.3, -0.25) is 57.9 Å². The number of benzene rings is 4. The summed E-state index contributed by atoms with van der Waals surface area (Å²) in [6.07, 6.45) is 1.57. The van der Waals surface area contributed by atoms with Crippen LogP contribution in [0.5, 0.6) is 0 Å². The van der Waals surface area contributed by atoms with Crippen LogP contribution < -0.4 is 63.5 Å². The molecule has 1 aliphatic rings. The largest absolute Gasteiger partial charge is 0.483 e. The average Bonchev–Trinajstić information content (AvgIpc) is 3.80. The van der Waals surface area contributed by atoms with Gasteiger partial charge in [0, 0.05) is 104 Å². The number of nitro benzene ring substituents is 1. The lowest BCUT2D eigenvalue weighted by atomic mass is 10.1. The molecule has 4 aromatic carbocycles. The summed E-state index contributed by atoms with van der Waals surface area (Å²) in [5.74, 6) is 8.00. The van der Waals surface area contributed by atoms with Gasteiger partial charge in [0.25, 0.3) is 12.2 Å². The third-order valence-electron chi connectivity index (χ3n) is 9.23. The number of nitrogens with two attached hydrogens (primary N) is 3. The molecule has 0 atom stereocenters. The summed E-state index contributed by atoms with van der Waals surface area (Å²) in [4.78, 5) is 36.9. The maximum atomic E-state index is 10.6. The molecule has 1 amide bonds. The molecule has 0 unspecified atom stereocenters. The van der Waals surface area contributed by atoms with Crippen LogP contribution in [0.15, 0.2) is 66.7 Å². The van der Waals surface area contributed by atoms with Crippen molar-refractivity contribution in [3.63, 3.8) is 0 Å². The molecule has 20 nitrogen and oxygen atoms in total. The van der Waals surface area contributed by atoms with E-state index in [4.69, 9.17) is 32.4 Å².